The number of benzene rings is 1. The van der Waals surface area contributed by atoms with E-state index in [1.807, 2.05) is 6.92 Å². The first-order valence-corrected chi connectivity index (χ1v) is 6.19. The van der Waals surface area contributed by atoms with Crippen LogP contribution in [0.3, 0.4) is 0 Å². The molecule has 19 heavy (non-hydrogen) atoms. The molecular weight excluding hydrogens is 246 g/mol. The predicted molar refractivity (Wildman–Crippen MR) is 68.6 cm³/mol. The molecule has 0 aliphatic carbocycles. The molecule has 1 amide bonds. The zero-order valence-electron chi connectivity index (χ0n) is 11.0. The van der Waals surface area contributed by atoms with Crippen LogP contribution in [0.25, 0.3) is 0 Å². The van der Waals surface area contributed by atoms with Crippen LogP contribution in [0.5, 0.6) is 5.75 Å². The Hall–Kier alpha value is -2.04. The van der Waals surface area contributed by atoms with Crippen LogP contribution < -0.4 is 0 Å². The Morgan fingerprint density at radius 2 is 2.26 bits per heavy atom. The van der Waals surface area contributed by atoms with E-state index < -0.39 is 5.97 Å². The number of carbonyl (C=O) groups excluding carboxylic acids is 2. The van der Waals surface area contributed by atoms with Gasteiger partial charge in [-0.05, 0) is 24.1 Å². The summed E-state index contributed by atoms with van der Waals surface area (Å²) in [6, 6.07) is 4.52. The van der Waals surface area contributed by atoms with E-state index in [-0.39, 0.29) is 11.7 Å². The molecule has 1 aromatic rings. The average molecular weight is 263 g/mol. The fourth-order valence-corrected chi connectivity index (χ4v) is 2.29. The van der Waals surface area contributed by atoms with Crippen LogP contribution in [0.1, 0.15) is 29.3 Å². The molecule has 0 unspecified atom stereocenters. The van der Waals surface area contributed by atoms with Gasteiger partial charge in [-0.1, -0.05) is 6.92 Å². The summed E-state index contributed by atoms with van der Waals surface area (Å²) in [5.41, 5.74) is 0.931. The Bertz CT molecular complexity index is 512. The van der Waals surface area contributed by atoms with Crippen LogP contribution in [-0.2, 0) is 16.1 Å². The van der Waals surface area contributed by atoms with Gasteiger partial charge in [0, 0.05) is 25.1 Å². The number of hydrogen-bond acceptors (Lipinski definition) is 4. The molecule has 1 saturated heterocycles. The topological polar surface area (TPSA) is 66.8 Å². The molecule has 0 radical (unpaired) electrons. The zero-order valence-corrected chi connectivity index (χ0v) is 11.0. The first-order chi connectivity index (χ1) is 9.01. The van der Waals surface area contributed by atoms with Crippen molar-refractivity contribution in [1.29, 1.82) is 0 Å². The first-order valence-electron chi connectivity index (χ1n) is 6.19. The molecule has 0 aromatic heterocycles. The van der Waals surface area contributed by atoms with E-state index in [1.165, 1.54) is 19.2 Å². The van der Waals surface area contributed by atoms with Crippen LogP contribution in [-0.4, -0.2) is 35.5 Å². The van der Waals surface area contributed by atoms with Crippen LogP contribution in [0, 0.1) is 5.92 Å². The second-order valence-corrected chi connectivity index (χ2v) is 4.92. The second-order valence-electron chi connectivity index (χ2n) is 4.92. The summed E-state index contributed by atoms with van der Waals surface area (Å²) in [6.07, 6.45) is 0.539. The molecule has 102 valence electrons. The number of phenols is 1. The Labute approximate surface area is 111 Å². The van der Waals surface area contributed by atoms with E-state index in [1.54, 1.807) is 11.0 Å². The van der Waals surface area contributed by atoms with Gasteiger partial charge in [0.1, 0.15) is 5.75 Å². The van der Waals surface area contributed by atoms with Gasteiger partial charge in [0.25, 0.3) is 0 Å². The molecule has 5 heteroatoms. The third-order valence-electron chi connectivity index (χ3n) is 3.27. The second kappa shape index (κ2) is 5.30. The number of hydrogen-bond donors (Lipinski definition) is 1. The highest BCUT2D eigenvalue weighted by atomic mass is 16.5. The van der Waals surface area contributed by atoms with Crippen molar-refractivity contribution in [1.82, 2.24) is 4.90 Å². The molecule has 1 aliphatic heterocycles. The summed E-state index contributed by atoms with van der Waals surface area (Å²) in [5, 5.41) is 9.81. The van der Waals surface area contributed by atoms with E-state index in [0.29, 0.717) is 36.6 Å². The maximum Gasteiger partial charge on any atom is 0.337 e. The Balaban J connectivity index is 2.20. The fraction of sp³-hybridized carbons (Fsp3) is 0.429. The number of amides is 1. The lowest BCUT2D eigenvalue weighted by Gasteiger charge is -2.17. The van der Waals surface area contributed by atoms with Crippen molar-refractivity contribution in [2.75, 3.05) is 13.7 Å². The van der Waals surface area contributed by atoms with Crippen molar-refractivity contribution < 1.29 is 19.4 Å². The van der Waals surface area contributed by atoms with E-state index >= 15 is 0 Å². The minimum absolute atomic E-state index is 0.0790. The maximum absolute atomic E-state index is 11.7. The quantitative estimate of drug-likeness (QED) is 0.840. The Morgan fingerprint density at radius 1 is 1.53 bits per heavy atom. The SMILES string of the molecule is COC(=O)c1ccc(O)c(CN2C[C@@H](C)CC2=O)c1. The highest BCUT2D eigenvalue weighted by molar-refractivity contribution is 5.89. The van der Waals surface area contributed by atoms with Gasteiger partial charge < -0.3 is 14.7 Å². The summed E-state index contributed by atoms with van der Waals surface area (Å²) < 4.78 is 4.64. The number of likely N-dealkylation sites (tertiary alicyclic amines) is 1. The van der Waals surface area contributed by atoms with Gasteiger partial charge >= 0.3 is 5.97 Å². The molecule has 2 rings (SSSR count). The molecule has 1 N–H and O–H groups in total. The number of nitrogens with zero attached hydrogens (tertiary/aromatic N) is 1. The number of ether oxygens (including phenoxy) is 1. The van der Waals surface area contributed by atoms with Crippen molar-refractivity contribution in [3.63, 3.8) is 0 Å². The van der Waals surface area contributed by atoms with Gasteiger partial charge in [0.05, 0.1) is 12.7 Å². The van der Waals surface area contributed by atoms with Crippen molar-refractivity contribution in [2.24, 2.45) is 5.92 Å². The summed E-state index contributed by atoms with van der Waals surface area (Å²) in [7, 11) is 1.31. The molecule has 1 aromatic carbocycles. The van der Waals surface area contributed by atoms with Crippen LogP contribution in [0.4, 0.5) is 0 Å². The van der Waals surface area contributed by atoms with Crippen molar-refractivity contribution in [3.8, 4) is 5.75 Å². The van der Waals surface area contributed by atoms with Crippen molar-refractivity contribution >= 4 is 11.9 Å². The third-order valence-corrected chi connectivity index (χ3v) is 3.27. The summed E-state index contributed by atoms with van der Waals surface area (Å²) in [5.74, 6) is 0.0381. The van der Waals surface area contributed by atoms with Crippen LogP contribution in [0.2, 0.25) is 0 Å². The molecule has 1 heterocycles. The minimum atomic E-state index is -0.456. The van der Waals surface area contributed by atoms with Crippen LogP contribution >= 0.6 is 0 Å². The maximum atomic E-state index is 11.7. The number of esters is 1. The number of carbonyl (C=O) groups is 2. The third kappa shape index (κ3) is 2.86. The molecule has 1 fully saturated rings. The molecular formula is C14H17NO4. The summed E-state index contributed by atoms with van der Waals surface area (Å²) >= 11 is 0. The minimum Gasteiger partial charge on any atom is -0.508 e. The smallest absolute Gasteiger partial charge is 0.337 e. The molecule has 0 bridgehead atoms. The predicted octanol–water partition coefficient (Wildman–Crippen LogP) is 1.55. The lowest BCUT2D eigenvalue weighted by molar-refractivity contribution is -0.128. The first kappa shape index (κ1) is 13.4. The average Bonchev–Trinajstić information content (AvgIpc) is 2.69. The van der Waals surface area contributed by atoms with Gasteiger partial charge in [0.2, 0.25) is 5.91 Å². The lowest BCUT2D eigenvalue weighted by Crippen LogP contribution is -2.24. The Morgan fingerprint density at radius 3 is 2.84 bits per heavy atom. The number of rotatable bonds is 3. The van der Waals surface area contributed by atoms with Crippen molar-refractivity contribution in [3.05, 3.63) is 29.3 Å². The number of aromatic hydroxyl groups is 1. The van der Waals surface area contributed by atoms with E-state index in [2.05, 4.69) is 4.74 Å². The van der Waals surface area contributed by atoms with E-state index in [9.17, 15) is 14.7 Å². The molecule has 1 aliphatic rings. The van der Waals surface area contributed by atoms with Gasteiger partial charge in [-0.25, -0.2) is 4.79 Å². The number of phenolic OH excluding ortho intramolecular Hbond substituents is 1. The van der Waals surface area contributed by atoms with Gasteiger partial charge in [-0.2, -0.15) is 0 Å². The summed E-state index contributed by atoms with van der Waals surface area (Å²) in [4.78, 5) is 24.9. The summed E-state index contributed by atoms with van der Waals surface area (Å²) in [6.45, 7) is 3.02. The normalized spacial score (nSPS) is 18.7. The highest BCUT2D eigenvalue weighted by Crippen LogP contribution is 2.25. The molecule has 0 spiro atoms. The zero-order chi connectivity index (χ0) is 14.0. The monoisotopic (exact) mass is 263 g/mol. The highest BCUT2D eigenvalue weighted by Gasteiger charge is 2.27. The Kier molecular flexibility index (Phi) is 3.74. The van der Waals surface area contributed by atoms with Gasteiger partial charge in [-0.3, -0.25) is 4.79 Å². The fourth-order valence-electron chi connectivity index (χ4n) is 2.29. The molecule has 5 nitrogen and oxygen atoms in total. The number of methoxy groups -OCH3 is 1. The lowest BCUT2D eigenvalue weighted by atomic mass is 10.1. The standard InChI is InChI=1S/C14H17NO4/c1-9-5-13(17)15(7-9)8-11-6-10(14(18)19-2)3-4-12(11)16/h3-4,6,9,16H,5,7-8H2,1-2H3/t9-/m0/s1. The van der Waals surface area contributed by atoms with E-state index in [4.69, 9.17) is 0 Å². The van der Waals surface area contributed by atoms with E-state index in [0.717, 1.165) is 0 Å². The molecule has 1 atom stereocenters. The van der Waals surface area contributed by atoms with Crippen molar-refractivity contribution in [2.45, 2.75) is 19.9 Å². The molecule has 0 saturated carbocycles. The van der Waals surface area contributed by atoms with Crippen LogP contribution in [0.15, 0.2) is 18.2 Å². The largest absolute Gasteiger partial charge is 0.508 e. The van der Waals surface area contributed by atoms with Gasteiger partial charge in [-0.15, -0.1) is 0 Å². The van der Waals surface area contributed by atoms with Gasteiger partial charge in [0.15, 0.2) is 0 Å².